The molecule has 0 fully saturated rings. The van der Waals surface area contributed by atoms with E-state index in [1.807, 2.05) is 30.5 Å². The van der Waals surface area contributed by atoms with Gasteiger partial charge in [0.2, 0.25) is 5.95 Å². The van der Waals surface area contributed by atoms with Crippen LogP contribution in [0.4, 0.5) is 11.6 Å². The molecule has 0 radical (unpaired) electrons. The van der Waals surface area contributed by atoms with Crippen molar-refractivity contribution in [2.45, 2.75) is 6.42 Å². The fraction of sp³-hybridized carbons (Fsp3) is 0.111. The Morgan fingerprint density at radius 1 is 0.857 bits per heavy atom. The zero-order chi connectivity index (χ0) is 14.1. The molecular formula is C18H15N3. The van der Waals surface area contributed by atoms with Gasteiger partial charge >= 0.3 is 0 Å². The van der Waals surface area contributed by atoms with E-state index in [0.717, 1.165) is 30.2 Å². The summed E-state index contributed by atoms with van der Waals surface area (Å²) in [7, 11) is 0. The van der Waals surface area contributed by atoms with Crippen LogP contribution < -0.4 is 4.90 Å². The highest BCUT2D eigenvalue weighted by Crippen LogP contribution is 2.32. The van der Waals surface area contributed by atoms with Crippen LogP contribution in [-0.4, -0.2) is 16.5 Å². The van der Waals surface area contributed by atoms with Crippen molar-refractivity contribution in [3.8, 4) is 11.3 Å². The van der Waals surface area contributed by atoms with Gasteiger partial charge < -0.3 is 4.90 Å². The van der Waals surface area contributed by atoms with E-state index in [1.54, 1.807) is 0 Å². The molecule has 0 atom stereocenters. The lowest BCUT2D eigenvalue weighted by atomic mass is 10.1. The molecular weight excluding hydrogens is 258 g/mol. The molecule has 102 valence electrons. The van der Waals surface area contributed by atoms with Gasteiger partial charge in [-0.3, -0.25) is 0 Å². The largest absolute Gasteiger partial charge is 0.310 e. The molecule has 1 aromatic heterocycles. The number of hydrogen-bond donors (Lipinski definition) is 0. The number of aromatic nitrogens is 2. The van der Waals surface area contributed by atoms with Crippen molar-refractivity contribution in [3.63, 3.8) is 0 Å². The highest BCUT2D eigenvalue weighted by molar-refractivity contribution is 5.67. The quantitative estimate of drug-likeness (QED) is 0.710. The van der Waals surface area contributed by atoms with Crippen LogP contribution in [0.2, 0.25) is 0 Å². The molecule has 0 amide bonds. The molecule has 0 saturated carbocycles. The number of anilines is 2. The van der Waals surface area contributed by atoms with E-state index < -0.39 is 0 Å². The fourth-order valence-corrected chi connectivity index (χ4v) is 2.79. The Labute approximate surface area is 123 Å². The second kappa shape index (κ2) is 5.02. The van der Waals surface area contributed by atoms with Gasteiger partial charge in [-0.15, -0.1) is 0 Å². The molecule has 3 heteroatoms. The number of rotatable bonds is 2. The number of nitrogens with zero attached hydrogens (tertiary/aromatic N) is 3. The maximum absolute atomic E-state index is 4.74. The van der Waals surface area contributed by atoms with Gasteiger partial charge in [-0.1, -0.05) is 48.5 Å². The van der Waals surface area contributed by atoms with Crippen molar-refractivity contribution in [3.05, 3.63) is 72.4 Å². The number of fused-ring (bicyclic) bond motifs is 1. The van der Waals surface area contributed by atoms with Gasteiger partial charge in [0.1, 0.15) is 0 Å². The van der Waals surface area contributed by atoms with Crippen molar-refractivity contribution >= 4 is 11.6 Å². The predicted molar refractivity (Wildman–Crippen MR) is 84.6 cm³/mol. The smallest absolute Gasteiger partial charge is 0.230 e. The van der Waals surface area contributed by atoms with Gasteiger partial charge in [0, 0.05) is 24.0 Å². The molecule has 2 aromatic carbocycles. The van der Waals surface area contributed by atoms with Gasteiger partial charge in [0.05, 0.1) is 5.69 Å². The summed E-state index contributed by atoms with van der Waals surface area (Å²) in [6.07, 6.45) is 2.89. The molecule has 0 bridgehead atoms. The maximum Gasteiger partial charge on any atom is 0.230 e. The highest BCUT2D eigenvalue weighted by atomic mass is 15.3. The number of benzene rings is 2. The summed E-state index contributed by atoms with van der Waals surface area (Å²) in [6, 6.07) is 20.7. The van der Waals surface area contributed by atoms with Crippen LogP contribution in [0.3, 0.4) is 0 Å². The van der Waals surface area contributed by atoms with E-state index in [-0.39, 0.29) is 0 Å². The summed E-state index contributed by atoms with van der Waals surface area (Å²) in [6.45, 7) is 0.942. The SMILES string of the molecule is c1ccc(-c2ccnc(N3CCc4ccccc43)n2)cc1. The molecule has 4 rings (SSSR count). The Kier molecular flexibility index (Phi) is 2.89. The second-order valence-electron chi connectivity index (χ2n) is 5.14. The third-order valence-corrected chi connectivity index (χ3v) is 3.84. The lowest BCUT2D eigenvalue weighted by molar-refractivity contribution is 0.941. The summed E-state index contributed by atoms with van der Waals surface area (Å²) in [5.41, 5.74) is 4.67. The molecule has 3 nitrogen and oxygen atoms in total. The van der Waals surface area contributed by atoms with Crippen LogP contribution in [0, 0.1) is 0 Å². The fourth-order valence-electron chi connectivity index (χ4n) is 2.79. The van der Waals surface area contributed by atoms with Crippen LogP contribution in [0.25, 0.3) is 11.3 Å². The van der Waals surface area contributed by atoms with Crippen molar-refractivity contribution in [2.24, 2.45) is 0 Å². The Balaban J connectivity index is 1.75. The number of hydrogen-bond acceptors (Lipinski definition) is 3. The molecule has 0 spiro atoms. The summed E-state index contributed by atoms with van der Waals surface area (Å²) in [4.78, 5) is 11.4. The zero-order valence-electron chi connectivity index (χ0n) is 11.6. The molecule has 1 aliphatic rings. The molecule has 3 aromatic rings. The average molecular weight is 273 g/mol. The lowest BCUT2D eigenvalue weighted by Gasteiger charge is -2.17. The highest BCUT2D eigenvalue weighted by Gasteiger charge is 2.21. The van der Waals surface area contributed by atoms with Crippen molar-refractivity contribution in [2.75, 3.05) is 11.4 Å². The minimum Gasteiger partial charge on any atom is -0.310 e. The van der Waals surface area contributed by atoms with E-state index in [9.17, 15) is 0 Å². The van der Waals surface area contributed by atoms with Crippen LogP contribution in [0.15, 0.2) is 66.9 Å². The average Bonchev–Trinajstić information content (AvgIpc) is 3.00. The Bertz CT molecular complexity index is 768. The topological polar surface area (TPSA) is 29.0 Å². The molecule has 0 N–H and O–H groups in total. The van der Waals surface area contributed by atoms with Gasteiger partial charge in [-0.05, 0) is 24.1 Å². The van der Waals surface area contributed by atoms with E-state index >= 15 is 0 Å². The first-order valence-electron chi connectivity index (χ1n) is 7.16. The monoisotopic (exact) mass is 273 g/mol. The Morgan fingerprint density at radius 3 is 2.57 bits per heavy atom. The Morgan fingerprint density at radius 2 is 1.67 bits per heavy atom. The second-order valence-corrected chi connectivity index (χ2v) is 5.14. The minimum absolute atomic E-state index is 0.779. The predicted octanol–water partition coefficient (Wildman–Crippen LogP) is 3.84. The molecule has 21 heavy (non-hydrogen) atoms. The van der Waals surface area contributed by atoms with Crippen LogP contribution in [0.1, 0.15) is 5.56 Å². The first-order valence-corrected chi connectivity index (χ1v) is 7.16. The van der Waals surface area contributed by atoms with Gasteiger partial charge in [0.15, 0.2) is 0 Å². The first-order chi connectivity index (χ1) is 10.4. The number of para-hydroxylation sites is 1. The standard InChI is InChI=1S/C18H15N3/c1-2-6-14(7-3-1)16-10-12-19-18(20-16)21-13-11-15-8-4-5-9-17(15)21/h1-10,12H,11,13H2. The van der Waals surface area contributed by atoms with E-state index in [2.05, 4.69) is 46.3 Å². The van der Waals surface area contributed by atoms with Crippen molar-refractivity contribution in [1.82, 2.24) is 9.97 Å². The van der Waals surface area contributed by atoms with Gasteiger partial charge in [0.25, 0.3) is 0 Å². The molecule has 0 unspecified atom stereocenters. The van der Waals surface area contributed by atoms with Crippen molar-refractivity contribution < 1.29 is 0 Å². The van der Waals surface area contributed by atoms with Crippen LogP contribution in [0.5, 0.6) is 0 Å². The summed E-state index contributed by atoms with van der Waals surface area (Å²) >= 11 is 0. The third-order valence-electron chi connectivity index (χ3n) is 3.84. The minimum atomic E-state index is 0.779. The summed E-state index contributed by atoms with van der Waals surface area (Å²) < 4.78 is 0. The summed E-state index contributed by atoms with van der Waals surface area (Å²) in [5.74, 6) is 0.779. The normalized spacial score (nSPS) is 13.2. The van der Waals surface area contributed by atoms with Gasteiger partial charge in [-0.2, -0.15) is 0 Å². The van der Waals surface area contributed by atoms with E-state index in [0.29, 0.717) is 0 Å². The van der Waals surface area contributed by atoms with Crippen LogP contribution >= 0.6 is 0 Å². The summed E-state index contributed by atoms with van der Waals surface area (Å²) in [5, 5.41) is 0. The molecule has 0 saturated heterocycles. The van der Waals surface area contributed by atoms with E-state index in [4.69, 9.17) is 4.98 Å². The van der Waals surface area contributed by atoms with Gasteiger partial charge in [-0.25, -0.2) is 9.97 Å². The van der Waals surface area contributed by atoms with Crippen LogP contribution in [-0.2, 0) is 6.42 Å². The molecule has 2 heterocycles. The molecule has 0 aliphatic carbocycles. The van der Waals surface area contributed by atoms with E-state index in [1.165, 1.54) is 11.3 Å². The molecule has 1 aliphatic heterocycles. The van der Waals surface area contributed by atoms with Crippen molar-refractivity contribution in [1.29, 1.82) is 0 Å². The first kappa shape index (κ1) is 12.1. The maximum atomic E-state index is 4.74. The zero-order valence-corrected chi connectivity index (χ0v) is 11.6. The Hall–Kier alpha value is -2.68. The lowest BCUT2D eigenvalue weighted by Crippen LogP contribution is -2.16. The third kappa shape index (κ3) is 2.17.